The molecule has 0 radical (unpaired) electrons. The summed E-state index contributed by atoms with van der Waals surface area (Å²) < 4.78 is 11.7. The fraction of sp³-hybridized carbons (Fsp3) is 0.750. The number of carbonyl (C=O) groups is 2. The third-order valence-corrected chi connectivity index (χ3v) is 10.4. The Kier molecular flexibility index (Phi) is 3.54. The zero-order chi connectivity index (χ0) is 16.3. The summed E-state index contributed by atoms with van der Waals surface area (Å²) in [4.78, 5) is 23.8. The van der Waals surface area contributed by atoms with E-state index >= 15 is 0 Å². The maximum absolute atomic E-state index is 12.4. The van der Waals surface area contributed by atoms with Crippen LogP contribution in [-0.2, 0) is 18.8 Å². The van der Waals surface area contributed by atoms with Crippen LogP contribution in [0.4, 0.5) is 0 Å². The Morgan fingerprint density at radius 3 is 2.43 bits per heavy atom. The SMILES string of the molecule is CC(C)(C)[Si](C)(C)O[C@H]1C=C(C=O)[C@]2(C)COC(=O)[C@]12C. The standard InChI is InChI=1S/C16H26O4Si/c1-14(2,3)21(6,7)20-12-8-11(9-17)15(4)10-19-13(18)16(12,15)5/h8-9,12H,10H2,1-7H3/t12-,15-,16-/m0/s1. The van der Waals surface area contributed by atoms with Gasteiger partial charge in [0.25, 0.3) is 0 Å². The molecule has 21 heavy (non-hydrogen) atoms. The third kappa shape index (κ3) is 2.05. The van der Waals surface area contributed by atoms with Crippen LogP contribution >= 0.6 is 0 Å². The van der Waals surface area contributed by atoms with Gasteiger partial charge < -0.3 is 9.16 Å². The molecule has 1 heterocycles. The van der Waals surface area contributed by atoms with Crippen LogP contribution in [0, 0.1) is 10.8 Å². The van der Waals surface area contributed by atoms with Crippen molar-refractivity contribution in [3.63, 3.8) is 0 Å². The molecular weight excluding hydrogens is 284 g/mol. The highest BCUT2D eigenvalue weighted by Gasteiger charge is 2.67. The average Bonchev–Trinajstić information content (AvgIpc) is 2.70. The van der Waals surface area contributed by atoms with Crippen molar-refractivity contribution in [2.45, 2.75) is 58.9 Å². The summed E-state index contributed by atoms with van der Waals surface area (Å²) >= 11 is 0. The summed E-state index contributed by atoms with van der Waals surface area (Å²) in [6, 6.07) is 0. The van der Waals surface area contributed by atoms with Gasteiger partial charge in [0.2, 0.25) is 0 Å². The van der Waals surface area contributed by atoms with Crippen LogP contribution in [0.3, 0.4) is 0 Å². The minimum atomic E-state index is -2.05. The quantitative estimate of drug-likeness (QED) is 0.457. The molecule has 118 valence electrons. The van der Waals surface area contributed by atoms with E-state index in [9.17, 15) is 9.59 Å². The maximum atomic E-state index is 12.4. The molecule has 1 saturated heterocycles. The Morgan fingerprint density at radius 2 is 1.95 bits per heavy atom. The van der Waals surface area contributed by atoms with Crippen molar-refractivity contribution in [3.8, 4) is 0 Å². The van der Waals surface area contributed by atoms with E-state index in [1.54, 1.807) is 0 Å². The van der Waals surface area contributed by atoms with Crippen LogP contribution in [0.2, 0.25) is 18.1 Å². The molecule has 1 fully saturated rings. The molecule has 2 rings (SSSR count). The molecule has 2 aliphatic rings. The zero-order valence-corrected chi connectivity index (χ0v) is 15.1. The molecule has 0 aromatic rings. The lowest BCUT2D eigenvalue weighted by molar-refractivity contribution is -0.149. The molecular formula is C16H26O4Si. The highest BCUT2D eigenvalue weighted by atomic mass is 28.4. The first-order chi connectivity index (χ1) is 9.40. The second-order valence-electron chi connectivity index (χ2n) is 8.15. The first-order valence-electron chi connectivity index (χ1n) is 7.43. The number of fused-ring (bicyclic) bond motifs is 1. The molecule has 0 saturated carbocycles. The molecule has 1 aliphatic carbocycles. The van der Waals surface area contributed by atoms with Crippen LogP contribution in [0.25, 0.3) is 0 Å². The van der Waals surface area contributed by atoms with E-state index in [0.717, 1.165) is 6.29 Å². The maximum Gasteiger partial charge on any atom is 0.315 e. The summed E-state index contributed by atoms with van der Waals surface area (Å²) in [6.07, 6.45) is 2.29. The number of rotatable bonds is 3. The van der Waals surface area contributed by atoms with Crippen molar-refractivity contribution >= 4 is 20.6 Å². The number of hydrogen-bond donors (Lipinski definition) is 0. The van der Waals surface area contributed by atoms with Gasteiger partial charge in [-0.2, -0.15) is 0 Å². The highest BCUT2D eigenvalue weighted by molar-refractivity contribution is 6.74. The van der Waals surface area contributed by atoms with E-state index in [2.05, 4.69) is 33.9 Å². The zero-order valence-electron chi connectivity index (χ0n) is 14.1. The van der Waals surface area contributed by atoms with Gasteiger partial charge in [0.05, 0.1) is 6.10 Å². The van der Waals surface area contributed by atoms with Gasteiger partial charge in [-0.15, -0.1) is 0 Å². The number of carbonyl (C=O) groups excluding carboxylic acids is 2. The predicted octanol–water partition coefficient (Wildman–Crippen LogP) is 3.09. The van der Waals surface area contributed by atoms with Crippen LogP contribution in [0.1, 0.15) is 34.6 Å². The van der Waals surface area contributed by atoms with Crippen LogP contribution in [-0.4, -0.2) is 33.3 Å². The van der Waals surface area contributed by atoms with Crippen molar-refractivity contribution in [1.82, 2.24) is 0 Å². The van der Waals surface area contributed by atoms with Crippen LogP contribution < -0.4 is 0 Å². The molecule has 0 aromatic heterocycles. The summed E-state index contributed by atoms with van der Waals surface area (Å²) in [5, 5.41) is 0.0417. The van der Waals surface area contributed by atoms with E-state index < -0.39 is 25.3 Å². The monoisotopic (exact) mass is 310 g/mol. The lowest BCUT2D eigenvalue weighted by atomic mass is 9.66. The first kappa shape index (κ1) is 16.4. The van der Waals surface area contributed by atoms with Crippen molar-refractivity contribution < 1.29 is 18.8 Å². The third-order valence-electron chi connectivity index (χ3n) is 5.95. The molecule has 0 spiro atoms. The van der Waals surface area contributed by atoms with E-state index in [1.807, 2.05) is 19.9 Å². The van der Waals surface area contributed by atoms with E-state index in [-0.39, 0.29) is 17.6 Å². The Hall–Kier alpha value is -0.943. The summed E-state index contributed by atoms with van der Waals surface area (Å²) in [5.41, 5.74) is -0.767. The highest BCUT2D eigenvalue weighted by Crippen LogP contribution is 2.58. The minimum absolute atomic E-state index is 0.0417. The average molecular weight is 310 g/mol. The predicted molar refractivity (Wildman–Crippen MR) is 83.4 cm³/mol. The minimum Gasteiger partial charge on any atom is -0.464 e. The van der Waals surface area contributed by atoms with Crippen molar-refractivity contribution in [2.75, 3.05) is 6.61 Å². The Balaban J connectivity index is 2.43. The van der Waals surface area contributed by atoms with E-state index in [1.165, 1.54) is 0 Å². The smallest absolute Gasteiger partial charge is 0.315 e. The Morgan fingerprint density at radius 1 is 1.38 bits per heavy atom. The first-order valence-corrected chi connectivity index (χ1v) is 10.3. The molecule has 4 nitrogen and oxygen atoms in total. The van der Waals surface area contributed by atoms with Gasteiger partial charge in [0.1, 0.15) is 18.3 Å². The van der Waals surface area contributed by atoms with Gasteiger partial charge in [-0.1, -0.05) is 27.7 Å². The number of ether oxygens (including phenoxy) is 1. The van der Waals surface area contributed by atoms with Gasteiger partial charge in [-0.25, -0.2) is 0 Å². The molecule has 1 aliphatic heterocycles. The molecule has 5 heteroatoms. The summed E-state index contributed by atoms with van der Waals surface area (Å²) in [7, 11) is -2.05. The fourth-order valence-electron chi connectivity index (χ4n) is 2.88. The van der Waals surface area contributed by atoms with Crippen LogP contribution in [0.5, 0.6) is 0 Å². The van der Waals surface area contributed by atoms with Crippen molar-refractivity contribution in [2.24, 2.45) is 10.8 Å². The fourth-order valence-corrected chi connectivity index (χ4v) is 4.17. The number of cyclic esters (lactones) is 1. The normalized spacial score (nSPS) is 36.2. The van der Waals surface area contributed by atoms with Gasteiger partial charge in [-0.05, 0) is 31.1 Å². The summed E-state index contributed by atoms with van der Waals surface area (Å²) in [5.74, 6) is -0.262. The number of hydrogen-bond acceptors (Lipinski definition) is 4. The second-order valence-corrected chi connectivity index (χ2v) is 12.9. The molecule has 0 bridgehead atoms. The number of aldehydes is 1. The van der Waals surface area contributed by atoms with Gasteiger partial charge in [0.15, 0.2) is 8.32 Å². The van der Waals surface area contributed by atoms with Crippen molar-refractivity contribution in [3.05, 3.63) is 11.6 Å². The van der Waals surface area contributed by atoms with Gasteiger partial charge in [-0.3, -0.25) is 9.59 Å². The lowest BCUT2D eigenvalue weighted by Gasteiger charge is -2.42. The van der Waals surface area contributed by atoms with Gasteiger partial charge >= 0.3 is 5.97 Å². The van der Waals surface area contributed by atoms with E-state index in [4.69, 9.17) is 9.16 Å². The van der Waals surface area contributed by atoms with Crippen LogP contribution in [0.15, 0.2) is 11.6 Å². The molecule has 0 unspecified atom stereocenters. The molecule has 0 amide bonds. The lowest BCUT2D eigenvalue weighted by Crippen LogP contribution is -2.51. The largest absolute Gasteiger partial charge is 0.464 e. The molecule has 3 atom stereocenters. The van der Waals surface area contributed by atoms with Crippen molar-refractivity contribution in [1.29, 1.82) is 0 Å². The topological polar surface area (TPSA) is 52.6 Å². The van der Waals surface area contributed by atoms with Gasteiger partial charge in [0, 0.05) is 11.0 Å². The summed E-state index contributed by atoms with van der Waals surface area (Å²) in [6.45, 7) is 14.8. The Labute approximate surface area is 128 Å². The number of esters is 1. The molecule has 0 N–H and O–H groups in total. The second kappa shape index (κ2) is 4.52. The molecule has 0 aromatic carbocycles. The van der Waals surface area contributed by atoms with E-state index in [0.29, 0.717) is 5.57 Å². The Bertz CT molecular complexity index is 517.